The number of hydrazone groups is 1. The van der Waals surface area contributed by atoms with Crippen molar-refractivity contribution in [1.29, 1.82) is 0 Å². The van der Waals surface area contributed by atoms with E-state index >= 15 is 0 Å². The van der Waals surface area contributed by atoms with Crippen molar-refractivity contribution in [3.8, 4) is 11.5 Å². The molecule has 0 unspecified atom stereocenters. The summed E-state index contributed by atoms with van der Waals surface area (Å²) in [6, 6.07) is 9.71. The number of benzene rings is 2. The number of rotatable bonds is 6. The molecule has 0 saturated heterocycles. The highest BCUT2D eigenvalue weighted by Crippen LogP contribution is 2.36. The molecule has 1 aliphatic heterocycles. The first-order valence-electron chi connectivity index (χ1n) is 8.51. The Balaban J connectivity index is 2.13. The van der Waals surface area contributed by atoms with Crippen LogP contribution in [0.1, 0.15) is 30.5 Å². The molecule has 0 aliphatic carbocycles. The Hall–Kier alpha value is -2.94. The quantitative estimate of drug-likeness (QED) is 0.315. The van der Waals surface area contributed by atoms with Crippen LogP contribution in [-0.2, 0) is 11.2 Å². The van der Waals surface area contributed by atoms with Crippen LogP contribution in [0.5, 0.6) is 11.5 Å². The summed E-state index contributed by atoms with van der Waals surface area (Å²) in [4.78, 5) is 22.1. The largest absolute Gasteiger partial charge is 0.454 e. The van der Waals surface area contributed by atoms with Crippen LogP contribution in [0.25, 0.3) is 0 Å². The van der Waals surface area contributed by atoms with Crippen LogP contribution < -0.4 is 14.9 Å². The number of amides is 1. The second-order valence-electron chi connectivity index (χ2n) is 6.28. The fraction of sp³-hybridized carbons (Fsp3) is 0.263. The smallest absolute Gasteiger partial charge is 0.269 e. The fourth-order valence-corrected chi connectivity index (χ4v) is 3.18. The van der Waals surface area contributed by atoms with E-state index in [0.29, 0.717) is 29.2 Å². The van der Waals surface area contributed by atoms with Crippen molar-refractivity contribution in [3.05, 3.63) is 63.2 Å². The number of carbonyl (C=O) groups excluding carboxylic acids is 1. The molecule has 146 valence electrons. The normalized spacial score (nSPS) is 13.9. The summed E-state index contributed by atoms with van der Waals surface area (Å²) in [5.41, 5.74) is 5.23. The number of nitro groups is 1. The molecule has 1 atom stereocenters. The van der Waals surface area contributed by atoms with Crippen molar-refractivity contribution in [3.63, 3.8) is 0 Å². The summed E-state index contributed by atoms with van der Waals surface area (Å²) in [5, 5.41) is 15.2. The molecule has 0 radical (unpaired) electrons. The summed E-state index contributed by atoms with van der Waals surface area (Å²) >= 11 is 3.56. The number of non-ortho nitro benzene ring substituents is 1. The number of nitro benzene ring substituents is 1. The van der Waals surface area contributed by atoms with E-state index in [1.165, 1.54) is 19.1 Å². The van der Waals surface area contributed by atoms with Gasteiger partial charge in [0.15, 0.2) is 11.5 Å². The summed E-state index contributed by atoms with van der Waals surface area (Å²) in [6.45, 7) is 3.51. The van der Waals surface area contributed by atoms with Gasteiger partial charge in [-0.15, -0.1) is 0 Å². The minimum atomic E-state index is -0.465. The van der Waals surface area contributed by atoms with Gasteiger partial charge in [-0.1, -0.05) is 22.9 Å². The van der Waals surface area contributed by atoms with Gasteiger partial charge in [0.05, 0.1) is 10.6 Å². The standard InChI is InChI=1S/C19H18BrN3O5/c1-11(20)7-14-8-17-18(28-10-27-17)9-16(14)19(22-21-12(2)24)13-3-5-15(6-4-13)23(25)26/h3-6,8-9,11H,7,10H2,1-2H3,(H,21,24)/t11-/m0/s1. The highest BCUT2D eigenvalue weighted by Gasteiger charge is 2.22. The van der Waals surface area contributed by atoms with Gasteiger partial charge in [-0.3, -0.25) is 14.9 Å². The van der Waals surface area contributed by atoms with E-state index in [4.69, 9.17) is 9.47 Å². The van der Waals surface area contributed by atoms with Gasteiger partial charge in [-0.05, 0) is 36.2 Å². The van der Waals surface area contributed by atoms with E-state index < -0.39 is 4.92 Å². The molecule has 2 aromatic carbocycles. The van der Waals surface area contributed by atoms with Gasteiger partial charge in [-0.25, -0.2) is 5.43 Å². The topological polar surface area (TPSA) is 103 Å². The number of hydrogen-bond acceptors (Lipinski definition) is 6. The fourth-order valence-electron chi connectivity index (χ4n) is 2.83. The SMILES string of the molecule is CC(=O)NN=C(c1ccc([N+](=O)[O-])cc1)c1cc2c(cc1C[C@H](C)Br)OCO2. The molecule has 0 aromatic heterocycles. The molecule has 0 spiro atoms. The molecule has 1 heterocycles. The van der Waals surface area contributed by atoms with Crippen molar-refractivity contribution in [1.82, 2.24) is 5.43 Å². The minimum absolute atomic E-state index is 0.0254. The number of ether oxygens (including phenoxy) is 2. The molecule has 8 nitrogen and oxygen atoms in total. The number of nitrogens with one attached hydrogen (secondary N) is 1. The molecule has 0 bridgehead atoms. The lowest BCUT2D eigenvalue weighted by atomic mass is 9.94. The van der Waals surface area contributed by atoms with Crippen molar-refractivity contribution in [2.75, 3.05) is 6.79 Å². The van der Waals surface area contributed by atoms with E-state index in [-0.39, 0.29) is 23.2 Å². The van der Waals surface area contributed by atoms with E-state index in [1.807, 2.05) is 19.1 Å². The maximum atomic E-state index is 11.4. The Morgan fingerprint density at radius 1 is 1.29 bits per heavy atom. The zero-order valence-corrected chi connectivity index (χ0v) is 16.9. The lowest BCUT2D eigenvalue weighted by Gasteiger charge is -2.15. The zero-order valence-electron chi connectivity index (χ0n) is 15.3. The third-order valence-corrected chi connectivity index (χ3v) is 4.36. The number of alkyl halides is 1. The third-order valence-electron chi connectivity index (χ3n) is 4.03. The molecule has 1 N–H and O–H groups in total. The monoisotopic (exact) mass is 447 g/mol. The van der Waals surface area contributed by atoms with Gasteiger partial charge >= 0.3 is 0 Å². The summed E-state index contributed by atoms with van der Waals surface area (Å²) in [6.07, 6.45) is 0.679. The number of nitrogens with zero attached hydrogens (tertiary/aromatic N) is 2. The van der Waals surface area contributed by atoms with Gasteiger partial charge < -0.3 is 9.47 Å². The van der Waals surface area contributed by atoms with Crippen LogP contribution in [-0.4, -0.2) is 28.2 Å². The molecule has 3 rings (SSSR count). The lowest BCUT2D eigenvalue weighted by Crippen LogP contribution is -2.18. The molecule has 1 aliphatic rings. The number of halogens is 1. The molecule has 1 amide bonds. The zero-order chi connectivity index (χ0) is 20.3. The molecule has 2 aromatic rings. The van der Waals surface area contributed by atoms with Gasteiger partial charge in [0.2, 0.25) is 12.7 Å². The van der Waals surface area contributed by atoms with Crippen molar-refractivity contribution < 1.29 is 19.2 Å². The van der Waals surface area contributed by atoms with Crippen LogP contribution in [0.15, 0.2) is 41.5 Å². The van der Waals surface area contributed by atoms with E-state index in [0.717, 1.165) is 11.1 Å². The molecule has 9 heteroatoms. The predicted molar refractivity (Wildman–Crippen MR) is 107 cm³/mol. The lowest BCUT2D eigenvalue weighted by molar-refractivity contribution is -0.384. The second-order valence-corrected chi connectivity index (χ2v) is 7.84. The molecule has 0 saturated carbocycles. The molecular weight excluding hydrogens is 430 g/mol. The first-order chi connectivity index (χ1) is 13.3. The third kappa shape index (κ3) is 4.48. The predicted octanol–water partition coefficient (Wildman–Crippen LogP) is 3.54. The second kappa shape index (κ2) is 8.39. The summed E-state index contributed by atoms with van der Waals surface area (Å²) in [5.74, 6) is 0.906. The molecule has 28 heavy (non-hydrogen) atoms. The number of carbonyl (C=O) groups is 1. The first kappa shape index (κ1) is 19.8. The summed E-state index contributed by atoms with van der Waals surface area (Å²) < 4.78 is 11.0. The van der Waals surface area contributed by atoms with Crippen LogP contribution in [0.4, 0.5) is 5.69 Å². The maximum Gasteiger partial charge on any atom is 0.269 e. The van der Waals surface area contributed by atoms with Gasteiger partial charge in [0.25, 0.3) is 5.69 Å². The Morgan fingerprint density at radius 2 is 1.93 bits per heavy atom. The van der Waals surface area contributed by atoms with Gasteiger partial charge in [0.1, 0.15) is 0 Å². The Kier molecular flexibility index (Phi) is 5.93. The Morgan fingerprint density at radius 3 is 2.50 bits per heavy atom. The minimum Gasteiger partial charge on any atom is -0.454 e. The van der Waals surface area contributed by atoms with Crippen LogP contribution in [0.3, 0.4) is 0 Å². The number of fused-ring (bicyclic) bond motifs is 1. The van der Waals surface area contributed by atoms with Gasteiger partial charge in [0, 0.05) is 35.0 Å². The summed E-state index contributed by atoms with van der Waals surface area (Å²) in [7, 11) is 0. The van der Waals surface area contributed by atoms with E-state index in [1.54, 1.807) is 12.1 Å². The Bertz CT molecular complexity index is 941. The van der Waals surface area contributed by atoms with E-state index in [9.17, 15) is 14.9 Å². The molecule has 0 fully saturated rings. The average molecular weight is 448 g/mol. The van der Waals surface area contributed by atoms with E-state index in [2.05, 4.69) is 26.5 Å². The highest BCUT2D eigenvalue weighted by molar-refractivity contribution is 9.09. The first-order valence-corrected chi connectivity index (χ1v) is 9.42. The average Bonchev–Trinajstić information content (AvgIpc) is 3.09. The van der Waals surface area contributed by atoms with Crippen LogP contribution >= 0.6 is 15.9 Å². The van der Waals surface area contributed by atoms with Crippen molar-refractivity contribution in [2.24, 2.45) is 5.10 Å². The molecular formula is C19H18BrN3O5. The van der Waals surface area contributed by atoms with Crippen LogP contribution in [0.2, 0.25) is 0 Å². The van der Waals surface area contributed by atoms with Crippen molar-refractivity contribution in [2.45, 2.75) is 25.1 Å². The maximum absolute atomic E-state index is 11.4. The highest BCUT2D eigenvalue weighted by atomic mass is 79.9. The van der Waals surface area contributed by atoms with Crippen molar-refractivity contribution >= 4 is 33.2 Å². The van der Waals surface area contributed by atoms with Gasteiger partial charge in [-0.2, -0.15) is 5.10 Å². The Labute approximate surface area is 169 Å². The van der Waals surface area contributed by atoms with Crippen LogP contribution in [0, 0.1) is 10.1 Å². The number of hydrogen-bond donors (Lipinski definition) is 1.